The quantitative estimate of drug-likeness (QED) is 0.540. The third kappa shape index (κ3) is 4.62. The minimum atomic E-state index is -0.494. The predicted molar refractivity (Wildman–Crippen MR) is 115 cm³/mol. The highest BCUT2D eigenvalue weighted by molar-refractivity contribution is 9.10. The Balaban J connectivity index is 1.83. The Kier molecular flexibility index (Phi) is 6.59. The van der Waals surface area contributed by atoms with E-state index in [1.807, 2.05) is 47.9 Å². The van der Waals surface area contributed by atoms with Crippen LogP contribution in [0.2, 0.25) is 0 Å². The van der Waals surface area contributed by atoms with Gasteiger partial charge in [0.15, 0.2) is 0 Å². The highest BCUT2D eigenvalue weighted by Gasteiger charge is 2.21. The SMILES string of the molecule is COC(=O)CC(NC(=O)Cn1c(C)c(Br)c2ccccc21)c1ccc(OC)cc1. The maximum atomic E-state index is 12.9. The molecule has 1 amide bonds. The molecule has 1 N–H and O–H groups in total. The van der Waals surface area contributed by atoms with E-state index in [1.165, 1.54) is 7.11 Å². The molecular formula is C22H23BrN2O4. The lowest BCUT2D eigenvalue weighted by Gasteiger charge is -2.19. The first kappa shape index (κ1) is 20.9. The van der Waals surface area contributed by atoms with E-state index in [2.05, 4.69) is 21.2 Å². The monoisotopic (exact) mass is 458 g/mol. The number of halogens is 1. The summed E-state index contributed by atoms with van der Waals surface area (Å²) in [6.45, 7) is 2.11. The van der Waals surface area contributed by atoms with Crippen molar-refractivity contribution in [3.8, 4) is 5.75 Å². The second-order valence-corrected chi connectivity index (χ2v) is 7.47. The number of fused-ring (bicyclic) bond motifs is 1. The maximum Gasteiger partial charge on any atom is 0.307 e. The van der Waals surface area contributed by atoms with Gasteiger partial charge in [-0.05, 0) is 46.6 Å². The van der Waals surface area contributed by atoms with E-state index in [-0.39, 0.29) is 18.9 Å². The van der Waals surface area contributed by atoms with Crippen LogP contribution in [0.3, 0.4) is 0 Å². The molecule has 0 spiro atoms. The van der Waals surface area contributed by atoms with Crippen molar-refractivity contribution in [2.24, 2.45) is 0 Å². The molecule has 1 aromatic heterocycles. The molecule has 1 unspecified atom stereocenters. The number of para-hydroxylation sites is 1. The summed E-state index contributed by atoms with van der Waals surface area (Å²) in [5.41, 5.74) is 2.75. The molecule has 0 bridgehead atoms. The Morgan fingerprint density at radius 2 is 1.79 bits per heavy atom. The Morgan fingerprint density at radius 1 is 1.10 bits per heavy atom. The number of benzene rings is 2. The number of carbonyl (C=O) groups is 2. The summed E-state index contributed by atoms with van der Waals surface area (Å²) in [5.74, 6) is 0.124. The van der Waals surface area contributed by atoms with Crippen LogP contribution in [0.15, 0.2) is 53.0 Å². The van der Waals surface area contributed by atoms with E-state index in [0.717, 1.165) is 26.6 Å². The standard InChI is InChI=1S/C22H23BrN2O4/c1-14-22(23)17-6-4-5-7-19(17)25(14)13-20(26)24-18(12-21(27)29-3)15-8-10-16(28-2)11-9-15/h4-11,18H,12-13H2,1-3H3,(H,24,26). The Hall–Kier alpha value is -2.80. The lowest BCUT2D eigenvalue weighted by molar-refractivity contribution is -0.141. The second kappa shape index (κ2) is 9.13. The van der Waals surface area contributed by atoms with Gasteiger partial charge in [0.05, 0.1) is 26.7 Å². The molecular weight excluding hydrogens is 436 g/mol. The average Bonchev–Trinajstić information content (AvgIpc) is 2.98. The number of esters is 1. The fourth-order valence-electron chi connectivity index (χ4n) is 3.31. The first-order valence-electron chi connectivity index (χ1n) is 9.18. The van der Waals surface area contributed by atoms with E-state index >= 15 is 0 Å². The van der Waals surface area contributed by atoms with Gasteiger partial charge in [0.1, 0.15) is 12.3 Å². The number of nitrogens with zero attached hydrogens (tertiary/aromatic N) is 1. The van der Waals surface area contributed by atoms with Crippen LogP contribution >= 0.6 is 15.9 Å². The lowest BCUT2D eigenvalue weighted by atomic mass is 10.0. The fourth-order valence-corrected chi connectivity index (χ4v) is 3.86. The zero-order valence-electron chi connectivity index (χ0n) is 16.6. The molecule has 7 heteroatoms. The molecule has 6 nitrogen and oxygen atoms in total. The van der Waals surface area contributed by atoms with Crippen LogP contribution in [0.25, 0.3) is 10.9 Å². The van der Waals surface area contributed by atoms with Crippen molar-refractivity contribution in [1.29, 1.82) is 0 Å². The van der Waals surface area contributed by atoms with E-state index in [4.69, 9.17) is 9.47 Å². The van der Waals surface area contributed by atoms with Crippen molar-refractivity contribution >= 4 is 38.7 Å². The van der Waals surface area contributed by atoms with Crippen LogP contribution in [-0.4, -0.2) is 30.7 Å². The summed E-state index contributed by atoms with van der Waals surface area (Å²) in [6.07, 6.45) is 0.0453. The molecule has 0 saturated heterocycles. The number of hydrogen-bond donors (Lipinski definition) is 1. The number of amides is 1. The molecule has 0 radical (unpaired) electrons. The van der Waals surface area contributed by atoms with Gasteiger partial charge in [-0.1, -0.05) is 30.3 Å². The van der Waals surface area contributed by atoms with Gasteiger partial charge in [0.2, 0.25) is 5.91 Å². The average molecular weight is 459 g/mol. The molecule has 3 aromatic rings. The Labute approximate surface area is 177 Å². The van der Waals surface area contributed by atoms with Gasteiger partial charge in [-0.2, -0.15) is 0 Å². The van der Waals surface area contributed by atoms with Crippen LogP contribution in [0, 0.1) is 6.92 Å². The number of nitrogens with one attached hydrogen (secondary N) is 1. The zero-order valence-corrected chi connectivity index (χ0v) is 18.2. The summed E-state index contributed by atoms with van der Waals surface area (Å²) in [6, 6.07) is 14.7. The third-order valence-corrected chi connectivity index (χ3v) is 5.91. The summed E-state index contributed by atoms with van der Waals surface area (Å²) in [4.78, 5) is 24.8. The van der Waals surface area contributed by atoms with Crippen LogP contribution in [-0.2, 0) is 20.9 Å². The van der Waals surface area contributed by atoms with Crippen molar-refractivity contribution in [1.82, 2.24) is 9.88 Å². The Bertz CT molecular complexity index is 1030. The molecule has 0 fully saturated rings. The molecule has 0 aliphatic heterocycles. The highest BCUT2D eigenvalue weighted by Crippen LogP contribution is 2.30. The number of aromatic nitrogens is 1. The largest absolute Gasteiger partial charge is 0.497 e. The molecule has 2 aromatic carbocycles. The first-order valence-corrected chi connectivity index (χ1v) is 9.97. The first-order chi connectivity index (χ1) is 13.9. The molecule has 3 rings (SSSR count). The van der Waals surface area contributed by atoms with Gasteiger partial charge >= 0.3 is 5.97 Å². The van der Waals surface area contributed by atoms with Gasteiger partial charge in [-0.15, -0.1) is 0 Å². The van der Waals surface area contributed by atoms with Gasteiger partial charge in [0, 0.05) is 21.1 Å². The minimum absolute atomic E-state index is 0.0453. The van der Waals surface area contributed by atoms with Crippen molar-refractivity contribution < 1.29 is 19.1 Å². The number of ether oxygens (including phenoxy) is 2. The normalized spacial score (nSPS) is 11.9. The summed E-state index contributed by atoms with van der Waals surface area (Å²) in [5, 5.41) is 4.02. The van der Waals surface area contributed by atoms with Crippen LogP contribution < -0.4 is 10.1 Å². The van der Waals surface area contributed by atoms with Crippen LogP contribution in [0.4, 0.5) is 0 Å². The highest BCUT2D eigenvalue weighted by atomic mass is 79.9. The van der Waals surface area contributed by atoms with E-state index < -0.39 is 12.0 Å². The van der Waals surface area contributed by atoms with Gasteiger partial charge < -0.3 is 19.4 Å². The molecule has 1 atom stereocenters. The molecule has 152 valence electrons. The van der Waals surface area contributed by atoms with Crippen LogP contribution in [0.1, 0.15) is 23.7 Å². The minimum Gasteiger partial charge on any atom is -0.497 e. The van der Waals surface area contributed by atoms with E-state index in [1.54, 1.807) is 19.2 Å². The number of methoxy groups -OCH3 is 2. The van der Waals surface area contributed by atoms with Crippen molar-refractivity contribution in [2.75, 3.05) is 14.2 Å². The summed E-state index contributed by atoms with van der Waals surface area (Å²) >= 11 is 3.61. The zero-order chi connectivity index (χ0) is 21.0. The van der Waals surface area contributed by atoms with Crippen molar-refractivity contribution in [2.45, 2.75) is 25.9 Å². The van der Waals surface area contributed by atoms with Gasteiger partial charge in [-0.25, -0.2) is 0 Å². The third-order valence-electron chi connectivity index (χ3n) is 4.91. The van der Waals surface area contributed by atoms with E-state index in [9.17, 15) is 9.59 Å². The molecule has 0 saturated carbocycles. The van der Waals surface area contributed by atoms with Crippen molar-refractivity contribution in [3.05, 3.63) is 64.3 Å². The predicted octanol–water partition coefficient (Wildman–Crippen LogP) is 4.14. The second-order valence-electron chi connectivity index (χ2n) is 6.68. The number of hydrogen-bond acceptors (Lipinski definition) is 4. The smallest absolute Gasteiger partial charge is 0.307 e. The lowest BCUT2D eigenvalue weighted by Crippen LogP contribution is -2.33. The van der Waals surface area contributed by atoms with E-state index in [0.29, 0.717) is 5.75 Å². The van der Waals surface area contributed by atoms with Crippen molar-refractivity contribution in [3.63, 3.8) is 0 Å². The van der Waals surface area contributed by atoms with Gasteiger partial charge in [-0.3, -0.25) is 9.59 Å². The van der Waals surface area contributed by atoms with Gasteiger partial charge in [0.25, 0.3) is 0 Å². The molecule has 0 aliphatic rings. The maximum absolute atomic E-state index is 12.9. The topological polar surface area (TPSA) is 69.6 Å². The summed E-state index contributed by atoms with van der Waals surface area (Å²) in [7, 11) is 2.92. The molecule has 1 heterocycles. The fraction of sp³-hybridized carbons (Fsp3) is 0.273. The molecule has 0 aliphatic carbocycles. The summed E-state index contributed by atoms with van der Waals surface area (Å²) < 4.78 is 12.9. The number of carbonyl (C=O) groups excluding carboxylic acids is 2. The Morgan fingerprint density at radius 3 is 2.45 bits per heavy atom. The molecule has 29 heavy (non-hydrogen) atoms. The van der Waals surface area contributed by atoms with Crippen LogP contribution in [0.5, 0.6) is 5.75 Å². The number of rotatable bonds is 7.